The molecule has 0 unspecified atom stereocenters. The Kier molecular flexibility index (Phi) is 4.95. The molecular weight excluding hydrogens is 290 g/mol. The van der Waals surface area contributed by atoms with E-state index in [1.54, 1.807) is 36.5 Å². The van der Waals surface area contributed by atoms with E-state index in [2.05, 4.69) is 4.98 Å². The number of rotatable bonds is 4. The number of halogens is 1. The fraction of sp³-hybridized carbons (Fsp3) is 0.125. The van der Waals surface area contributed by atoms with Gasteiger partial charge in [0.25, 0.3) is 0 Å². The average Bonchev–Trinajstić information content (AvgIpc) is 2.47. The second-order valence-electron chi connectivity index (χ2n) is 4.32. The van der Waals surface area contributed by atoms with Crippen molar-refractivity contribution in [2.24, 2.45) is 0 Å². The second kappa shape index (κ2) is 6.90. The fourth-order valence-electron chi connectivity index (χ4n) is 1.69. The normalized spacial score (nSPS) is 10.6. The molecule has 0 fully saturated rings. The molecule has 0 saturated carbocycles. The molecule has 21 heavy (non-hydrogen) atoms. The third-order valence-electron chi connectivity index (χ3n) is 2.69. The van der Waals surface area contributed by atoms with Crippen LogP contribution in [0.1, 0.15) is 11.1 Å². The Hall–Kier alpha value is -2.33. The third kappa shape index (κ3) is 4.33. The molecular formula is C16H14ClNO3. The maximum absolute atomic E-state index is 11.8. The maximum atomic E-state index is 11.8. The largest absolute Gasteiger partial charge is 0.493 e. The first-order valence-electron chi connectivity index (χ1n) is 6.24. The zero-order valence-corrected chi connectivity index (χ0v) is 12.4. The van der Waals surface area contributed by atoms with Gasteiger partial charge in [0.15, 0.2) is 11.5 Å². The van der Waals surface area contributed by atoms with Gasteiger partial charge in [0, 0.05) is 12.3 Å². The van der Waals surface area contributed by atoms with Gasteiger partial charge in [-0.2, -0.15) is 0 Å². The molecule has 0 saturated heterocycles. The summed E-state index contributed by atoms with van der Waals surface area (Å²) >= 11 is 5.77. The summed E-state index contributed by atoms with van der Waals surface area (Å²) in [6.45, 7) is 1.93. The average molecular weight is 304 g/mol. The van der Waals surface area contributed by atoms with Crippen LogP contribution in [0, 0.1) is 6.92 Å². The fourth-order valence-corrected chi connectivity index (χ4v) is 1.87. The number of pyridine rings is 1. The quantitative estimate of drug-likeness (QED) is 0.374. The number of hydrogen-bond donors (Lipinski definition) is 0. The van der Waals surface area contributed by atoms with E-state index in [-0.39, 0.29) is 0 Å². The second-order valence-corrected chi connectivity index (χ2v) is 4.71. The number of aryl methyl sites for hydroxylation is 1. The van der Waals surface area contributed by atoms with Crippen molar-refractivity contribution < 1.29 is 14.3 Å². The molecule has 0 amide bonds. The number of aromatic nitrogens is 1. The number of benzene rings is 1. The lowest BCUT2D eigenvalue weighted by molar-refractivity contribution is -0.129. The lowest BCUT2D eigenvalue weighted by Crippen LogP contribution is -2.05. The molecule has 1 aromatic carbocycles. The minimum Gasteiger partial charge on any atom is -0.493 e. The number of nitrogens with zero attached hydrogens (tertiary/aromatic N) is 1. The molecule has 0 aliphatic heterocycles. The first-order valence-corrected chi connectivity index (χ1v) is 6.62. The lowest BCUT2D eigenvalue weighted by atomic mass is 10.2. The molecule has 1 aromatic heterocycles. The van der Waals surface area contributed by atoms with E-state index in [9.17, 15) is 4.79 Å². The van der Waals surface area contributed by atoms with Crippen LogP contribution in [-0.2, 0) is 4.79 Å². The number of carbonyl (C=O) groups excluding carboxylic acids is 1. The van der Waals surface area contributed by atoms with Gasteiger partial charge in [0.05, 0.1) is 7.11 Å². The zero-order chi connectivity index (χ0) is 15.2. The van der Waals surface area contributed by atoms with Crippen LogP contribution in [0.2, 0.25) is 5.15 Å². The summed E-state index contributed by atoms with van der Waals surface area (Å²) in [6.07, 6.45) is 4.50. The highest BCUT2D eigenvalue weighted by atomic mass is 35.5. The van der Waals surface area contributed by atoms with Gasteiger partial charge in [-0.25, -0.2) is 9.78 Å². The molecule has 108 valence electrons. The Morgan fingerprint density at radius 2 is 2.05 bits per heavy atom. The van der Waals surface area contributed by atoms with E-state index in [1.165, 1.54) is 13.2 Å². The van der Waals surface area contributed by atoms with Gasteiger partial charge in [-0.1, -0.05) is 17.7 Å². The molecule has 0 bridgehead atoms. The van der Waals surface area contributed by atoms with Gasteiger partial charge in [0.2, 0.25) is 0 Å². The molecule has 0 spiro atoms. The van der Waals surface area contributed by atoms with Crippen molar-refractivity contribution in [3.63, 3.8) is 0 Å². The summed E-state index contributed by atoms with van der Waals surface area (Å²) in [4.78, 5) is 15.7. The first kappa shape index (κ1) is 15.1. The number of methoxy groups -OCH3 is 1. The summed E-state index contributed by atoms with van der Waals surface area (Å²) in [7, 11) is 1.53. The minimum atomic E-state index is -0.495. The van der Waals surface area contributed by atoms with Crippen LogP contribution in [0.3, 0.4) is 0 Å². The van der Waals surface area contributed by atoms with Crippen LogP contribution in [0.4, 0.5) is 0 Å². The zero-order valence-electron chi connectivity index (χ0n) is 11.7. The first-order chi connectivity index (χ1) is 10.1. The summed E-state index contributed by atoms with van der Waals surface area (Å²) in [5.74, 6) is 0.402. The van der Waals surface area contributed by atoms with Crippen LogP contribution in [-0.4, -0.2) is 18.1 Å². The summed E-state index contributed by atoms with van der Waals surface area (Å²) in [6, 6.07) is 8.73. The van der Waals surface area contributed by atoms with Crippen LogP contribution >= 0.6 is 11.6 Å². The Labute approximate surface area is 128 Å². The van der Waals surface area contributed by atoms with Crippen molar-refractivity contribution in [2.75, 3.05) is 7.11 Å². The van der Waals surface area contributed by atoms with E-state index in [0.717, 1.165) is 11.1 Å². The van der Waals surface area contributed by atoms with Gasteiger partial charge in [0.1, 0.15) is 5.15 Å². The van der Waals surface area contributed by atoms with Gasteiger partial charge in [-0.3, -0.25) is 0 Å². The topological polar surface area (TPSA) is 48.4 Å². The van der Waals surface area contributed by atoms with Crippen molar-refractivity contribution in [1.82, 2.24) is 4.98 Å². The lowest BCUT2D eigenvalue weighted by Gasteiger charge is -2.08. The molecule has 0 N–H and O–H groups in total. The molecule has 0 radical (unpaired) electrons. The van der Waals surface area contributed by atoms with Gasteiger partial charge < -0.3 is 9.47 Å². The molecule has 2 rings (SSSR count). The van der Waals surface area contributed by atoms with Gasteiger partial charge in [-0.05, 0) is 48.4 Å². The minimum absolute atomic E-state index is 0.366. The summed E-state index contributed by atoms with van der Waals surface area (Å²) < 4.78 is 10.4. The number of carbonyl (C=O) groups is 1. The monoisotopic (exact) mass is 303 g/mol. The predicted molar refractivity (Wildman–Crippen MR) is 81.6 cm³/mol. The van der Waals surface area contributed by atoms with Crippen LogP contribution in [0.5, 0.6) is 11.5 Å². The van der Waals surface area contributed by atoms with E-state index in [4.69, 9.17) is 21.1 Å². The molecule has 0 aliphatic carbocycles. The molecule has 5 heteroatoms. The summed E-state index contributed by atoms with van der Waals surface area (Å²) in [5, 5.41) is 0.366. The Morgan fingerprint density at radius 1 is 1.24 bits per heavy atom. The van der Waals surface area contributed by atoms with E-state index >= 15 is 0 Å². The number of esters is 1. The van der Waals surface area contributed by atoms with Crippen molar-refractivity contribution in [3.8, 4) is 11.5 Å². The Balaban J connectivity index is 2.08. The molecule has 4 nitrogen and oxygen atoms in total. The van der Waals surface area contributed by atoms with E-state index < -0.39 is 5.97 Å². The standard InChI is InChI=1S/C16H14ClNO3/c1-11-3-5-13(14(9-11)20-2)21-16(19)6-4-12-7-8-18-15(17)10-12/h3-10H,1-2H3/b6-4+. The van der Waals surface area contributed by atoms with Crippen LogP contribution < -0.4 is 9.47 Å². The van der Waals surface area contributed by atoms with E-state index in [0.29, 0.717) is 16.7 Å². The highest BCUT2D eigenvalue weighted by molar-refractivity contribution is 6.29. The number of ether oxygens (including phenoxy) is 2. The molecule has 0 aliphatic rings. The summed E-state index contributed by atoms with van der Waals surface area (Å²) in [5.41, 5.74) is 1.79. The van der Waals surface area contributed by atoms with E-state index in [1.807, 2.05) is 13.0 Å². The van der Waals surface area contributed by atoms with Crippen molar-refractivity contribution in [1.29, 1.82) is 0 Å². The van der Waals surface area contributed by atoms with Crippen LogP contribution in [0.15, 0.2) is 42.6 Å². The molecule has 2 aromatic rings. The van der Waals surface area contributed by atoms with Gasteiger partial charge >= 0.3 is 5.97 Å². The van der Waals surface area contributed by atoms with Crippen molar-refractivity contribution in [2.45, 2.75) is 6.92 Å². The smallest absolute Gasteiger partial charge is 0.336 e. The Morgan fingerprint density at radius 3 is 2.76 bits per heavy atom. The van der Waals surface area contributed by atoms with Crippen molar-refractivity contribution >= 4 is 23.6 Å². The van der Waals surface area contributed by atoms with Crippen molar-refractivity contribution in [3.05, 3.63) is 58.9 Å². The van der Waals surface area contributed by atoms with Gasteiger partial charge in [-0.15, -0.1) is 0 Å². The molecule has 1 heterocycles. The highest BCUT2D eigenvalue weighted by Gasteiger charge is 2.07. The molecule has 0 atom stereocenters. The SMILES string of the molecule is COc1cc(C)ccc1OC(=O)/C=C/c1ccnc(Cl)c1. The number of hydrogen-bond acceptors (Lipinski definition) is 4. The Bertz CT molecular complexity index is 683. The maximum Gasteiger partial charge on any atom is 0.336 e. The highest BCUT2D eigenvalue weighted by Crippen LogP contribution is 2.27. The third-order valence-corrected chi connectivity index (χ3v) is 2.90. The van der Waals surface area contributed by atoms with Crippen LogP contribution in [0.25, 0.3) is 6.08 Å². The predicted octanol–water partition coefficient (Wildman–Crippen LogP) is 3.67.